The third-order valence-electron chi connectivity index (χ3n) is 4.03. The molecule has 1 aliphatic heterocycles. The van der Waals surface area contributed by atoms with Gasteiger partial charge in [0.25, 0.3) is 0 Å². The van der Waals surface area contributed by atoms with Gasteiger partial charge in [-0.05, 0) is 25.7 Å². The zero-order valence-corrected chi connectivity index (χ0v) is 10.7. The second-order valence-electron chi connectivity index (χ2n) is 5.55. The molecule has 0 spiro atoms. The summed E-state index contributed by atoms with van der Waals surface area (Å²) in [5, 5.41) is 8.07. The highest BCUT2D eigenvalue weighted by Gasteiger charge is 2.48. The fourth-order valence-electron chi connectivity index (χ4n) is 2.70. The Bertz CT molecular complexity index is 465. The van der Waals surface area contributed by atoms with Crippen molar-refractivity contribution < 1.29 is 4.79 Å². The van der Waals surface area contributed by atoms with Crippen molar-refractivity contribution in [3.05, 3.63) is 12.2 Å². The van der Waals surface area contributed by atoms with Crippen LogP contribution >= 0.6 is 0 Å². The summed E-state index contributed by atoms with van der Waals surface area (Å²) in [5.74, 6) is 1.38. The summed E-state index contributed by atoms with van der Waals surface area (Å²) in [5.41, 5.74) is 5.44. The van der Waals surface area contributed by atoms with Crippen molar-refractivity contribution in [1.29, 1.82) is 0 Å². The highest BCUT2D eigenvalue weighted by Crippen LogP contribution is 2.36. The molecule has 1 aliphatic carbocycles. The number of hydrogen-bond acceptors (Lipinski definition) is 4. The molecule has 1 amide bonds. The number of piperidine rings is 1. The van der Waals surface area contributed by atoms with Crippen LogP contribution in [-0.4, -0.2) is 44.2 Å². The first kappa shape index (κ1) is 11.6. The van der Waals surface area contributed by atoms with Gasteiger partial charge in [0.15, 0.2) is 0 Å². The predicted molar refractivity (Wildman–Crippen MR) is 65.7 cm³/mol. The van der Waals surface area contributed by atoms with Crippen LogP contribution in [0.15, 0.2) is 6.33 Å². The molecular weight excluding hydrogens is 230 g/mol. The molecule has 0 radical (unpaired) electrons. The Labute approximate surface area is 106 Å². The van der Waals surface area contributed by atoms with Gasteiger partial charge < -0.3 is 15.2 Å². The first-order valence-corrected chi connectivity index (χ1v) is 6.52. The molecule has 1 unspecified atom stereocenters. The number of likely N-dealkylation sites (tertiary alicyclic amines) is 1. The highest BCUT2D eigenvalue weighted by atomic mass is 16.2. The Kier molecular flexibility index (Phi) is 2.62. The van der Waals surface area contributed by atoms with E-state index in [4.69, 9.17) is 5.73 Å². The molecule has 2 aliphatic rings. The minimum atomic E-state index is -0.554. The standard InChI is InChI=1S/C12H19N5O/c1-16-8-14-15-10(16)9-3-2-6-17(7-9)11(18)12(13)4-5-12/h8-9H,2-7,13H2,1H3. The monoisotopic (exact) mass is 249 g/mol. The van der Waals surface area contributed by atoms with Crippen LogP contribution in [0.5, 0.6) is 0 Å². The lowest BCUT2D eigenvalue weighted by molar-refractivity contribution is -0.134. The number of rotatable bonds is 2. The molecule has 1 aromatic heterocycles. The third kappa shape index (κ3) is 1.90. The lowest BCUT2D eigenvalue weighted by Crippen LogP contribution is -2.49. The Morgan fingerprint density at radius 2 is 2.33 bits per heavy atom. The van der Waals surface area contributed by atoms with Gasteiger partial charge in [0.05, 0.1) is 5.54 Å². The lowest BCUT2D eigenvalue weighted by Gasteiger charge is -2.33. The molecule has 6 heteroatoms. The molecular formula is C12H19N5O. The van der Waals surface area contributed by atoms with E-state index in [0.717, 1.165) is 44.6 Å². The molecule has 1 saturated heterocycles. The van der Waals surface area contributed by atoms with Gasteiger partial charge in [0, 0.05) is 26.1 Å². The normalized spacial score (nSPS) is 26.1. The van der Waals surface area contributed by atoms with E-state index in [0.29, 0.717) is 0 Å². The molecule has 3 rings (SSSR count). The molecule has 1 aromatic rings. The van der Waals surface area contributed by atoms with Gasteiger partial charge in [-0.2, -0.15) is 0 Å². The van der Waals surface area contributed by atoms with Crippen molar-refractivity contribution in [2.45, 2.75) is 37.1 Å². The minimum Gasteiger partial charge on any atom is -0.340 e. The van der Waals surface area contributed by atoms with Crippen LogP contribution in [-0.2, 0) is 11.8 Å². The van der Waals surface area contributed by atoms with Crippen molar-refractivity contribution in [3.8, 4) is 0 Å². The van der Waals surface area contributed by atoms with E-state index in [-0.39, 0.29) is 11.8 Å². The highest BCUT2D eigenvalue weighted by molar-refractivity contribution is 5.89. The minimum absolute atomic E-state index is 0.120. The van der Waals surface area contributed by atoms with Crippen LogP contribution in [0, 0.1) is 0 Å². The van der Waals surface area contributed by atoms with Crippen LogP contribution < -0.4 is 5.73 Å². The summed E-state index contributed by atoms with van der Waals surface area (Å²) < 4.78 is 1.94. The van der Waals surface area contributed by atoms with Crippen molar-refractivity contribution in [2.24, 2.45) is 12.8 Å². The van der Waals surface area contributed by atoms with E-state index in [1.54, 1.807) is 6.33 Å². The first-order chi connectivity index (χ1) is 8.60. The van der Waals surface area contributed by atoms with E-state index >= 15 is 0 Å². The number of aromatic nitrogens is 3. The van der Waals surface area contributed by atoms with Gasteiger partial charge in [-0.3, -0.25) is 4.79 Å². The average Bonchev–Trinajstić information content (AvgIpc) is 2.98. The zero-order valence-electron chi connectivity index (χ0n) is 10.7. The molecule has 1 saturated carbocycles. The Balaban J connectivity index is 1.73. The number of carbonyl (C=O) groups is 1. The molecule has 6 nitrogen and oxygen atoms in total. The Morgan fingerprint density at radius 1 is 1.56 bits per heavy atom. The fourth-order valence-corrected chi connectivity index (χ4v) is 2.70. The summed E-state index contributed by atoms with van der Waals surface area (Å²) in [4.78, 5) is 14.2. The molecule has 2 heterocycles. The lowest BCUT2D eigenvalue weighted by atomic mass is 9.96. The quantitative estimate of drug-likeness (QED) is 0.801. The molecule has 98 valence electrons. The van der Waals surface area contributed by atoms with Crippen LogP contribution in [0.2, 0.25) is 0 Å². The topological polar surface area (TPSA) is 77.0 Å². The van der Waals surface area contributed by atoms with Crippen molar-refractivity contribution in [3.63, 3.8) is 0 Å². The van der Waals surface area contributed by atoms with E-state index < -0.39 is 5.54 Å². The maximum Gasteiger partial charge on any atom is 0.242 e. The van der Waals surface area contributed by atoms with Crippen LogP contribution in [0.25, 0.3) is 0 Å². The molecule has 18 heavy (non-hydrogen) atoms. The molecule has 1 atom stereocenters. The summed E-state index contributed by atoms with van der Waals surface area (Å²) in [7, 11) is 1.95. The van der Waals surface area contributed by atoms with E-state index in [1.165, 1.54) is 0 Å². The van der Waals surface area contributed by atoms with Crippen molar-refractivity contribution >= 4 is 5.91 Å². The van der Waals surface area contributed by atoms with Gasteiger partial charge in [0.2, 0.25) is 5.91 Å². The molecule has 2 fully saturated rings. The number of aryl methyl sites for hydroxylation is 1. The largest absolute Gasteiger partial charge is 0.340 e. The van der Waals surface area contributed by atoms with Crippen molar-refractivity contribution in [2.75, 3.05) is 13.1 Å². The maximum atomic E-state index is 12.2. The van der Waals surface area contributed by atoms with Gasteiger partial charge in [-0.15, -0.1) is 10.2 Å². The third-order valence-corrected chi connectivity index (χ3v) is 4.03. The van der Waals surface area contributed by atoms with Crippen LogP contribution in [0.1, 0.15) is 37.4 Å². The van der Waals surface area contributed by atoms with Gasteiger partial charge in [0.1, 0.15) is 12.2 Å². The summed E-state index contributed by atoms with van der Waals surface area (Å²) in [6.45, 7) is 1.55. The van der Waals surface area contributed by atoms with Crippen molar-refractivity contribution in [1.82, 2.24) is 19.7 Å². The Morgan fingerprint density at radius 3 is 2.94 bits per heavy atom. The average molecular weight is 249 g/mol. The van der Waals surface area contributed by atoms with E-state index in [1.807, 2.05) is 16.5 Å². The summed E-state index contributed by atoms with van der Waals surface area (Å²) in [6.07, 6.45) is 5.45. The zero-order chi connectivity index (χ0) is 12.8. The van der Waals surface area contributed by atoms with Gasteiger partial charge in [-0.25, -0.2) is 0 Å². The Hall–Kier alpha value is -1.43. The number of amides is 1. The van der Waals surface area contributed by atoms with Crippen LogP contribution in [0.3, 0.4) is 0 Å². The summed E-state index contributed by atoms with van der Waals surface area (Å²) >= 11 is 0. The fraction of sp³-hybridized carbons (Fsp3) is 0.750. The second-order valence-corrected chi connectivity index (χ2v) is 5.55. The predicted octanol–water partition coefficient (Wildman–Crippen LogP) is 0.0124. The van der Waals surface area contributed by atoms with E-state index in [9.17, 15) is 4.79 Å². The number of nitrogens with zero attached hydrogens (tertiary/aromatic N) is 4. The summed E-state index contributed by atoms with van der Waals surface area (Å²) in [6, 6.07) is 0. The smallest absolute Gasteiger partial charge is 0.242 e. The SMILES string of the molecule is Cn1cnnc1C1CCCN(C(=O)C2(N)CC2)C1. The number of hydrogen-bond donors (Lipinski definition) is 1. The molecule has 2 N–H and O–H groups in total. The van der Waals surface area contributed by atoms with E-state index in [2.05, 4.69) is 10.2 Å². The maximum absolute atomic E-state index is 12.2. The molecule has 0 bridgehead atoms. The second kappa shape index (κ2) is 4.05. The molecule has 0 aromatic carbocycles. The van der Waals surface area contributed by atoms with Gasteiger partial charge in [-0.1, -0.05) is 0 Å². The first-order valence-electron chi connectivity index (χ1n) is 6.52. The van der Waals surface area contributed by atoms with Gasteiger partial charge >= 0.3 is 0 Å². The number of carbonyl (C=O) groups excluding carboxylic acids is 1. The van der Waals surface area contributed by atoms with Crippen LogP contribution in [0.4, 0.5) is 0 Å². The number of nitrogens with two attached hydrogens (primary N) is 1.